The van der Waals surface area contributed by atoms with Gasteiger partial charge in [-0.05, 0) is 81.6 Å². The van der Waals surface area contributed by atoms with Gasteiger partial charge in [0.25, 0.3) is 0 Å². The molecule has 1 aromatic carbocycles. The summed E-state index contributed by atoms with van der Waals surface area (Å²) < 4.78 is 18.8. The second-order valence-electron chi connectivity index (χ2n) is 11.3. The summed E-state index contributed by atoms with van der Waals surface area (Å²) in [6.07, 6.45) is 4.00. The van der Waals surface area contributed by atoms with Crippen molar-refractivity contribution in [1.29, 1.82) is 5.26 Å². The van der Waals surface area contributed by atoms with Crippen molar-refractivity contribution in [2.24, 2.45) is 0 Å². The van der Waals surface area contributed by atoms with Gasteiger partial charge in [0.1, 0.15) is 11.9 Å². The number of hydrogen-bond acceptors (Lipinski definition) is 10. The van der Waals surface area contributed by atoms with Crippen LogP contribution in [-0.4, -0.2) is 86.1 Å². The summed E-state index contributed by atoms with van der Waals surface area (Å²) in [4.78, 5) is 9.86. The fourth-order valence-electron chi connectivity index (χ4n) is 6.75. The molecule has 0 radical (unpaired) electrons. The van der Waals surface area contributed by atoms with Crippen LogP contribution in [0.2, 0.25) is 0 Å². The van der Waals surface area contributed by atoms with Gasteiger partial charge < -0.3 is 29.9 Å². The summed E-state index contributed by atoms with van der Waals surface area (Å²) in [6.45, 7) is 8.47. The Labute approximate surface area is 233 Å². The van der Waals surface area contributed by atoms with E-state index in [1.165, 1.54) is 0 Å². The van der Waals surface area contributed by atoms with Crippen LogP contribution in [0.3, 0.4) is 0 Å². The minimum Gasteiger partial charge on any atom is -0.371 e. The highest BCUT2D eigenvalue weighted by atomic mass is 32.1. The van der Waals surface area contributed by atoms with Gasteiger partial charge in [-0.15, -0.1) is 0 Å². The minimum absolute atomic E-state index is 0.102. The van der Waals surface area contributed by atoms with E-state index >= 15 is 0 Å². The van der Waals surface area contributed by atoms with Crippen molar-refractivity contribution in [2.75, 3.05) is 75.4 Å². The molecule has 39 heavy (non-hydrogen) atoms. The van der Waals surface area contributed by atoms with Gasteiger partial charge in [0.15, 0.2) is 5.82 Å². The van der Waals surface area contributed by atoms with Crippen LogP contribution >= 0.6 is 11.5 Å². The van der Waals surface area contributed by atoms with Crippen molar-refractivity contribution in [3.05, 3.63) is 35.9 Å². The van der Waals surface area contributed by atoms with Crippen molar-refractivity contribution >= 4 is 33.3 Å². The third-order valence-corrected chi connectivity index (χ3v) is 9.68. The number of benzene rings is 1. The molecule has 3 aromatic rings. The number of nitrogens with one attached hydrogen (secondary N) is 2. The average molecular weight is 546 g/mol. The third kappa shape index (κ3) is 4.66. The van der Waals surface area contributed by atoms with Gasteiger partial charge in [0.05, 0.1) is 40.4 Å². The quantitative estimate of drug-likeness (QED) is 0.514. The highest BCUT2D eigenvalue weighted by Gasteiger charge is 2.40. The van der Waals surface area contributed by atoms with Crippen LogP contribution in [0.15, 0.2) is 30.3 Å². The number of ether oxygens (including phenoxy) is 2. The van der Waals surface area contributed by atoms with E-state index in [-0.39, 0.29) is 11.2 Å². The lowest BCUT2D eigenvalue weighted by atomic mass is 9.90. The molecule has 0 bridgehead atoms. The van der Waals surface area contributed by atoms with E-state index in [4.69, 9.17) is 18.8 Å². The topological polar surface area (TPSA) is 98.6 Å². The minimum atomic E-state index is -0.167. The Hall–Kier alpha value is -2.81. The third-order valence-electron chi connectivity index (χ3n) is 8.88. The zero-order valence-corrected chi connectivity index (χ0v) is 23.1. The van der Waals surface area contributed by atoms with Crippen LogP contribution in [-0.2, 0) is 9.47 Å². The Morgan fingerprint density at radius 3 is 2.13 bits per heavy atom. The molecule has 204 valence electrons. The Morgan fingerprint density at radius 1 is 0.846 bits per heavy atom. The van der Waals surface area contributed by atoms with Gasteiger partial charge in [-0.1, -0.05) is 12.1 Å². The summed E-state index contributed by atoms with van der Waals surface area (Å²) in [6, 6.07) is 12.7. The number of piperidine rings is 2. The summed E-state index contributed by atoms with van der Waals surface area (Å²) in [5.74, 6) is 1.79. The van der Waals surface area contributed by atoms with Gasteiger partial charge in [-0.2, -0.15) is 9.64 Å². The molecular formula is C29H35N7O2S. The first-order chi connectivity index (χ1) is 19.2. The van der Waals surface area contributed by atoms with E-state index in [0.717, 1.165) is 118 Å². The van der Waals surface area contributed by atoms with Crippen molar-refractivity contribution in [2.45, 2.75) is 36.9 Å². The van der Waals surface area contributed by atoms with Gasteiger partial charge in [0, 0.05) is 37.1 Å². The molecule has 2 N–H and O–H groups in total. The molecule has 4 aliphatic rings. The van der Waals surface area contributed by atoms with Crippen molar-refractivity contribution in [3.8, 4) is 17.3 Å². The van der Waals surface area contributed by atoms with Crippen molar-refractivity contribution < 1.29 is 9.47 Å². The highest BCUT2D eigenvalue weighted by Crippen LogP contribution is 2.40. The first kappa shape index (κ1) is 25.2. The number of rotatable bonds is 3. The first-order valence-electron chi connectivity index (χ1n) is 14.2. The molecule has 9 nitrogen and oxygen atoms in total. The number of morpholine rings is 2. The second-order valence-corrected chi connectivity index (χ2v) is 12.1. The molecule has 7 rings (SSSR count). The first-order valence-corrected chi connectivity index (χ1v) is 14.9. The normalized spacial score (nSPS) is 22.8. The number of hydrogen-bond donors (Lipinski definition) is 2. The molecule has 4 fully saturated rings. The van der Waals surface area contributed by atoms with Gasteiger partial charge in [-0.25, -0.2) is 4.98 Å². The molecule has 2 aromatic heterocycles. The van der Waals surface area contributed by atoms with E-state index in [2.05, 4.69) is 44.7 Å². The number of nitriles is 1. The molecule has 0 unspecified atom stereocenters. The highest BCUT2D eigenvalue weighted by molar-refractivity contribution is 7.13. The number of aromatic nitrogens is 2. The smallest absolute Gasteiger partial charge is 0.151 e. The summed E-state index contributed by atoms with van der Waals surface area (Å²) in [7, 11) is 0. The van der Waals surface area contributed by atoms with E-state index in [9.17, 15) is 5.26 Å². The number of pyridine rings is 1. The monoisotopic (exact) mass is 545 g/mol. The molecule has 0 amide bonds. The molecule has 6 heterocycles. The molecule has 2 spiro atoms. The fourth-order valence-corrected chi connectivity index (χ4v) is 7.58. The molecular weight excluding hydrogens is 510 g/mol. The Morgan fingerprint density at radius 2 is 1.49 bits per heavy atom. The van der Waals surface area contributed by atoms with E-state index in [0.29, 0.717) is 12.2 Å². The van der Waals surface area contributed by atoms with Gasteiger partial charge in [0.2, 0.25) is 0 Å². The van der Waals surface area contributed by atoms with E-state index in [1.54, 1.807) is 11.5 Å². The van der Waals surface area contributed by atoms with Crippen LogP contribution in [0, 0.1) is 11.3 Å². The van der Waals surface area contributed by atoms with Crippen LogP contribution in [0.25, 0.3) is 21.3 Å². The predicted molar refractivity (Wildman–Crippen MR) is 154 cm³/mol. The van der Waals surface area contributed by atoms with Crippen LogP contribution in [0.1, 0.15) is 31.2 Å². The molecule has 0 atom stereocenters. The van der Waals surface area contributed by atoms with Crippen LogP contribution < -0.4 is 20.4 Å². The molecule has 0 aliphatic carbocycles. The zero-order valence-electron chi connectivity index (χ0n) is 22.2. The lowest BCUT2D eigenvalue weighted by molar-refractivity contribution is -0.0742. The van der Waals surface area contributed by atoms with Gasteiger partial charge in [-0.3, -0.25) is 0 Å². The summed E-state index contributed by atoms with van der Waals surface area (Å²) in [5.41, 5.74) is 2.29. The van der Waals surface area contributed by atoms with E-state index < -0.39 is 0 Å². The van der Waals surface area contributed by atoms with Crippen molar-refractivity contribution in [3.63, 3.8) is 0 Å². The zero-order chi connectivity index (χ0) is 26.3. The molecule has 4 saturated heterocycles. The second kappa shape index (κ2) is 10.3. The molecule has 4 aliphatic heterocycles. The maximum Gasteiger partial charge on any atom is 0.151 e. The van der Waals surface area contributed by atoms with Crippen LogP contribution in [0.5, 0.6) is 0 Å². The Balaban J connectivity index is 1.25. The fraction of sp³-hybridized carbons (Fsp3) is 0.552. The maximum atomic E-state index is 10.00. The Kier molecular flexibility index (Phi) is 6.65. The Bertz CT molecular complexity index is 1380. The molecule has 0 saturated carbocycles. The van der Waals surface area contributed by atoms with Gasteiger partial charge >= 0.3 is 0 Å². The lowest BCUT2D eigenvalue weighted by Gasteiger charge is -2.45. The lowest BCUT2D eigenvalue weighted by Crippen LogP contribution is -2.56. The van der Waals surface area contributed by atoms with E-state index in [1.807, 2.05) is 12.1 Å². The molecule has 10 heteroatoms. The average Bonchev–Trinajstić information content (AvgIpc) is 3.42. The number of nitrogens with zero attached hydrogens (tertiary/aromatic N) is 5. The number of fused-ring (bicyclic) bond motifs is 1. The number of anilines is 2. The maximum absolute atomic E-state index is 10.00. The van der Waals surface area contributed by atoms with Crippen molar-refractivity contribution in [1.82, 2.24) is 20.0 Å². The SMILES string of the molecule is N#Cc1ccc(-c2cccc3snc(N4CCOC5(CCNCC5)C4)c23)nc1N1CCOC2(CCNCC2)C1. The largest absolute Gasteiger partial charge is 0.371 e. The summed E-state index contributed by atoms with van der Waals surface area (Å²) >= 11 is 1.55. The van der Waals surface area contributed by atoms with Crippen LogP contribution in [0.4, 0.5) is 11.6 Å². The predicted octanol–water partition coefficient (Wildman–Crippen LogP) is 3.15. The summed E-state index contributed by atoms with van der Waals surface area (Å²) in [5, 5.41) is 18.1. The standard InChI is InChI=1S/C29H35N7O2S/c30-18-21-4-5-23(33-26(21)35-14-16-37-28(19-35)6-10-31-11-7-28)22-2-1-3-24-25(22)27(34-39-24)36-15-17-38-29(20-36)8-12-32-13-9-29/h1-5,31-32H,6-17,19-20H2.